The fraction of sp³-hybridized carbons (Fsp3) is 0.405. The Labute approximate surface area is 271 Å². The zero-order valence-electron chi connectivity index (χ0n) is 27.2. The molecular weight excluding hydrogens is 582 g/mol. The van der Waals surface area contributed by atoms with Gasteiger partial charge in [0, 0.05) is 19.9 Å². The molecule has 1 saturated carbocycles. The van der Waals surface area contributed by atoms with Gasteiger partial charge in [0.25, 0.3) is 0 Å². The largest absolute Gasteiger partial charge is 0.459 e. The van der Waals surface area contributed by atoms with Gasteiger partial charge in [-0.05, 0) is 50.3 Å². The normalized spacial score (nSPS) is 15.2. The van der Waals surface area contributed by atoms with E-state index in [1.807, 2.05) is 91.0 Å². The zero-order chi connectivity index (χ0) is 33.2. The van der Waals surface area contributed by atoms with Crippen LogP contribution in [0.2, 0.25) is 0 Å². The summed E-state index contributed by atoms with van der Waals surface area (Å²) in [6.45, 7) is 5.33. The van der Waals surface area contributed by atoms with Crippen molar-refractivity contribution in [2.45, 2.75) is 89.1 Å². The topological polar surface area (TPSA) is 114 Å². The van der Waals surface area contributed by atoms with Gasteiger partial charge in [-0.2, -0.15) is 0 Å². The second-order valence-corrected chi connectivity index (χ2v) is 12.8. The van der Waals surface area contributed by atoms with Crippen LogP contribution in [0.1, 0.15) is 63.1 Å². The van der Waals surface area contributed by atoms with Gasteiger partial charge in [0.1, 0.15) is 29.8 Å². The number of rotatable bonds is 12. The van der Waals surface area contributed by atoms with Crippen LogP contribution in [0, 0.1) is 0 Å². The smallest absolute Gasteiger partial charge is 0.408 e. The number of nitrogens with one attached hydrogen (secondary N) is 2. The van der Waals surface area contributed by atoms with Crippen molar-refractivity contribution in [1.82, 2.24) is 15.5 Å². The number of benzene rings is 3. The first kappa shape index (κ1) is 34.2. The molecule has 0 spiro atoms. The summed E-state index contributed by atoms with van der Waals surface area (Å²) in [4.78, 5) is 56.2. The first-order chi connectivity index (χ1) is 22.0. The lowest BCUT2D eigenvalue weighted by Crippen LogP contribution is -2.63. The monoisotopic (exact) mass is 627 g/mol. The lowest BCUT2D eigenvalue weighted by molar-refractivity contribution is -0.152. The Bertz CT molecular complexity index is 1450. The number of ether oxygens (including phenoxy) is 2. The average Bonchev–Trinajstić information content (AvgIpc) is 3.54. The van der Waals surface area contributed by atoms with Gasteiger partial charge in [0.05, 0.1) is 0 Å². The van der Waals surface area contributed by atoms with Crippen molar-refractivity contribution in [2.24, 2.45) is 0 Å². The summed E-state index contributed by atoms with van der Waals surface area (Å²) in [5, 5.41) is 5.71. The lowest BCUT2D eigenvalue weighted by atomic mass is 9.91. The van der Waals surface area contributed by atoms with Crippen LogP contribution in [-0.2, 0) is 43.3 Å². The van der Waals surface area contributed by atoms with E-state index < -0.39 is 47.1 Å². The molecular formula is C37H45N3O6. The van der Waals surface area contributed by atoms with Crippen LogP contribution in [-0.4, -0.2) is 59.0 Å². The molecule has 3 amide bonds. The molecule has 1 aliphatic carbocycles. The summed E-state index contributed by atoms with van der Waals surface area (Å²) < 4.78 is 11.1. The fourth-order valence-corrected chi connectivity index (χ4v) is 5.78. The highest BCUT2D eigenvalue weighted by Crippen LogP contribution is 2.36. The van der Waals surface area contributed by atoms with Crippen LogP contribution in [0.15, 0.2) is 91.0 Å². The van der Waals surface area contributed by atoms with Crippen molar-refractivity contribution in [3.8, 4) is 0 Å². The summed E-state index contributed by atoms with van der Waals surface area (Å²) in [7, 11) is 1.60. The summed E-state index contributed by atoms with van der Waals surface area (Å²) in [6, 6.07) is 26.2. The van der Waals surface area contributed by atoms with Crippen molar-refractivity contribution in [1.29, 1.82) is 0 Å². The van der Waals surface area contributed by atoms with E-state index in [1.165, 1.54) is 4.90 Å². The molecule has 3 aromatic carbocycles. The lowest BCUT2D eigenvalue weighted by Gasteiger charge is -2.40. The highest BCUT2D eigenvalue weighted by Gasteiger charge is 2.49. The van der Waals surface area contributed by atoms with Gasteiger partial charge < -0.3 is 25.0 Å². The molecule has 244 valence electrons. The molecule has 0 bridgehead atoms. The van der Waals surface area contributed by atoms with E-state index >= 15 is 0 Å². The van der Waals surface area contributed by atoms with Crippen molar-refractivity contribution in [3.63, 3.8) is 0 Å². The molecule has 2 atom stereocenters. The molecule has 46 heavy (non-hydrogen) atoms. The molecule has 0 aliphatic heterocycles. The molecule has 0 heterocycles. The number of alkyl carbamates (subject to hydrolysis) is 1. The number of carbonyl (C=O) groups excluding carboxylic acids is 4. The number of carbonyl (C=O) groups is 4. The second-order valence-electron chi connectivity index (χ2n) is 12.8. The van der Waals surface area contributed by atoms with E-state index in [-0.39, 0.29) is 19.4 Å². The first-order valence-electron chi connectivity index (χ1n) is 15.8. The second kappa shape index (κ2) is 15.6. The molecule has 0 saturated heterocycles. The zero-order valence-corrected chi connectivity index (χ0v) is 27.2. The molecule has 3 aromatic rings. The molecule has 9 nitrogen and oxygen atoms in total. The van der Waals surface area contributed by atoms with Gasteiger partial charge in [-0.25, -0.2) is 9.59 Å². The molecule has 4 rings (SSSR count). The Balaban J connectivity index is 1.56. The maximum Gasteiger partial charge on any atom is 0.408 e. The highest BCUT2D eigenvalue weighted by atomic mass is 16.6. The third-order valence-electron chi connectivity index (χ3n) is 8.19. The van der Waals surface area contributed by atoms with E-state index in [0.29, 0.717) is 12.8 Å². The van der Waals surface area contributed by atoms with Gasteiger partial charge in [-0.15, -0.1) is 0 Å². The molecule has 2 N–H and O–H groups in total. The van der Waals surface area contributed by atoms with Crippen molar-refractivity contribution in [3.05, 3.63) is 108 Å². The van der Waals surface area contributed by atoms with E-state index in [2.05, 4.69) is 10.6 Å². The number of esters is 1. The van der Waals surface area contributed by atoms with Crippen LogP contribution in [0.25, 0.3) is 0 Å². The average molecular weight is 628 g/mol. The quantitative estimate of drug-likeness (QED) is 0.261. The summed E-state index contributed by atoms with van der Waals surface area (Å²) in [5.41, 5.74) is 0.570. The number of nitrogens with zero attached hydrogens (tertiary/aromatic N) is 1. The minimum Gasteiger partial charge on any atom is -0.459 e. The molecule has 1 fully saturated rings. The van der Waals surface area contributed by atoms with Gasteiger partial charge in [-0.1, -0.05) is 104 Å². The van der Waals surface area contributed by atoms with Crippen molar-refractivity contribution in [2.75, 3.05) is 7.05 Å². The van der Waals surface area contributed by atoms with E-state index in [1.54, 1.807) is 27.8 Å². The SMILES string of the molecule is CN(C(=O)[C@@H](Cc1ccccc1)NC(=O)OC(C)(C)C)C1(C(=O)N[C@H](Cc2ccccc2)C(=O)OCc2ccccc2)CCCC1. The molecule has 0 unspecified atom stereocenters. The Morgan fingerprint density at radius 3 is 1.72 bits per heavy atom. The summed E-state index contributed by atoms with van der Waals surface area (Å²) >= 11 is 0. The van der Waals surface area contributed by atoms with E-state index in [4.69, 9.17) is 9.47 Å². The van der Waals surface area contributed by atoms with E-state index in [9.17, 15) is 19.2 Å². The molecule has 0 aromatic heterocycles. The third kappa shape index (κ3) is 9.42. The van der Waals surface area contributed by atoms with Crippen molar-refractivity contribution >= 4 is 23.9 Å². The van der Waals surface area contributed by atoms with Gasteiger partial charge in [-0.3, -0.25) is 9.59 Å². The van der Waals surface area contributed by atoms with Crippen LogP contribution < -0.4 is 10.6 Å². The minimum atomic E-state index is -1.21. The van der Waals surface area contributed by atoms with Crippen molar-refractivity contribution < 1.29 is 28.7 Å². The Hall–Kier alpha value is -4.66. The van der Waals surface area contributed by atoms with Gasteiger partial charge in [0.15, 0.2) is 0 Å². The Morgan fingerprint density at radius 2 is 1.22 bits per heavy atom. The predicted molar refractivity (Wildman–Crippen MR) is 176 cm³/mol. The first-order valence-corrected chi connectivity index (χ1v) is 15.8. The number of amides is 3. The summed E-state index contributed by atoms with van der Waals surface area (Å²) in [6.07, 6.45) is 2.02. The number of hydrogen-bond acceptors (Lipinski definition) is 6. The minimum absolute atomic E-state index is 0.0713. The Morgan fingerprint density at radius 1 is 0.739 bits per heavy atom. The summed E-state index contributed by atoms with van der Waals surface area (Å²) in [5.74, 6) is -1.40. The fourth-order valence-electron chi connectivity index (χ4n) is 5.78. The van der Waals surface area contributed by atoms with Crippen LogP contribution in [0.3, 0.4) is 0 Å². The maximum atomic E-state index is 14.3. The van der Waals surface area contributed by atoms with Crippen LogP contribution >= 0.6 is 0 Å². The standard InChI is InChI=1S/C37H45N3O6/c1-36(2,3)46-35(44)39-30(24-27-16-8-5-9-17-27)32(41)40(4)37(22-14-15-23-37)34(43)38-31(25-28-18-10-6-11-19-28)33(42)45-26-29-20-12-7-13-21-29/h5-13,16-21,30-31H,14-15,22-26H2,1-4H3,(H,38,43)(H,39,44)/t30-,31-/m1/s1. The molecule has 9 heteroatoms. The number of likely N-dealkylation sites (N-methyl/N-ethyl adjacent to an activating group) is 1. The molecule has 1 aliphatic rings. The van der Waals surface area contributed by atoms with Crippen LogP contribution in [0.4, 0.5) is 4.79 Å². The van der Waals surface area contributed by atoms with Crippen LogP contribution in [0.5, 0.6) is 0 Å². The number of hydrogen-bond donors (Lipinski definition) is 2. The Kier molecular flexibility index (Phi) is 11.6. The maximum absolute atomic E-state index is 14.3. The third-order valence-corrected chi connectivity index (χ3v) is 8.19. The predicted octanol–water partition coefficient (Wildman–Crippen LogP) is 5.36. The highest BCUT2D eigenvalue weighted by molar-refractivity contribution is 5.96. The molecule has 0 radical (unpaired) electrons. The van der Waals surface area contributed by atoms with E-state index in [0.717, 1.165) is 29.5 Å². The van der Waals surface area contributed by atoms with Gasteiger partial charge >= 0.3 is 12.1 Å². The van der Waals surface area contributed by atoms with Gasteiger partial charge in [0.2, 0.25) is 11.8 Å².